The molecule has 180 valence electrons. The second-order valence-corrected chi connectivity index (χ2v) is 9.84. The first-order chi connectivity index (χ1) is 16.5. The molecule has 34 heavy (non-hydrogen) atoms. The number of carbonyl (C=O) groups is 1. The first-order valence-electron chi connectivity index (χ1n) is 11.9. The largest absolute Gasteiger partial charge is 0.354 e. The topological polar surface area (TPSA) is 66.3 Å². The van der Waals surface area contributed by atoms with Crippen LogP contribution in [-0.4, -0.2) is 75.5 Å². The molecular weight excluding hydrogens is 444 g/mol. The molecule has 1 N–H and O–H groups in total. The summed E-state index contributed by atoms with van der Waals surface area (Å²) >= 11 is 1.43. The zero-order valence-electron chi connectivity index (χ0n) is 20.3. The molecule has 2 heterocycles. The number of carbonyl (C=O) groups excluding carboxylic acids is 1. The fraction of sp³-hybridized carbons (Fsp3) is 0.423. The predicted molar refractivity (Wildman–Crippen MR) is 137 cm³/mol. The summed E-state index contributed by atoms with van der Waals surface area (Å²) in [7, 11) is 0. The van der Waals surface area contributed by atoms with Crippen molar-refractivity contribution >= 4 is 17.7 Å². The van der Waals surface area contributed by atoms with E-state index in [1.807, 2.05) is 11.5 Å². The van der Waals surface area contributed by atoms with E-state index < -0.39 is 0 Å². The number of thioether (sulfide) groups is 1. The van der Waals surface area contributed by atoms with E-state index in [1.165, 1.54) is 22.9 Å². The van der Waals surface area contributed by atoms with E-state index in [0.717, 1.165) is 61.5 Å². The van der Waals surface area contributed by atoms with Crippen LogP contribution in [0.25, 0.3) is 5.69 Å². The van der Waals surface area contributed by atoms with Gasteiger partial charge in [0, 0.05) is 45.8 Å². The summed E-state index contributed by atoms with van der Waals surface area (Å²) in [6.45, 7) is 12.9. The molecule has 7 nitrogen and oxygen atoms in total. The molecule has 1 aliphatic rings. The van der Waals surface area contributed by atoms with Gasteiger partial charge in [-0.3, -0.25) is 19.2 Å². The minimum absolute atomic E-state index is 0.0286. The zero-order valence-corrected chi connectivity index (χ0v) is 21.1. The number of amides is 1. The molecule has 1 saturated heterocycles. The van der Waals surface area contributed by atoms with Gasteiger partial charge in [-0.05, 0) is 43.5 Å². The Kier molecular flexibility index (Phi) is 8.37. The van der Waals surface area contributed by atoms with Crippen molar-refractivity contribution in [3.05, 3.63) is 71.0 Å². The lowest BCUT2D eigenvalue weighted by atomic mass is 10.1. The Morgan fingerprint density at radius 3 is 2.47 bits per heavy atom. The number of aromatic nitrogens is 3. The Balaban J connectivity index is 1.19. The highest BCUT2D eigenvalue weighted by atomic mass is 32.2. The van der Waals surface area contributed by atoms with Crippen molar-refractivity contribution < 1.29 is 4.79 Å². The average molecular weight is 479 g/mol. The third-order valence-electron chi connectivity index (χ3n) is 6.20. The highest BCUT2D eigenvalue weighted by Crippen LogP contribution is 2.24. The van der Waals surface area contributed by atoms with Gasteiger partial charge < -0.3 is 5.32 Å². The number of piperazine rings is 1. The van der Waals surface area contributed by atoms with E-state index in [4.69, 9.17) is 0 Å². The van der Waals surface area contributed by atoms with E-state index >= 15 is 0 Å². The van der Waals surface area contributed by atoms with Crippen molar-refractivity contribution in [3.63, 3.8) is 0 Å². The minimum Gasteiger partial charge on any atom is -0.354 e. The lowest BCUT2D eigenvalue weighted by molar-refractivity contribution is -0.118. The molecular formula is C26H34N6OS. The fourth-order valence-electron chi connectivity index (χ4n) is 4.22. The quantitative estimate of drug-likeness (QED) is 0.477. The van der Waals surface area contributed by atoms with E-state index in [0.29, 0.717) is 12.3 Å². The minimum atomic E-state index is 0.0286. The number of aryl methyl sites for hydroxylation is 3. The highest BCUT2D eigenvalue weighted by molar-refractivity contribution is 7.99. The van der Waals surface area contributed by atoms with Crippen molar-refractivity contribution in [2.75, 3.05) is 45.0 Å². The van der Waals surface area contributed by atoms with Crippen LogP contribution >= 0.6 is 11.8 Å². The summed E-state index contributed by atoms with van der Waals surface area (Å²) < 4.78 is 2.04. The maximum Gasteiger partial charge on any atom is 0.230 e. The summed E-state index contributed by atoms with van der Waals surface area (Å²) in [6.07, 6.45) is 0. The number of hydrogen-bond acceptors (Lipinski definition) is 6. The molecule has 0 atom stereocenters. The van der Waals surface area contributed by atoms with Gasteiger partial charge >= 0.3 is 0 Å². The molecule has 0 spiro atoms. The van der Waals surface area contributed by atoms with Gasteiger partial charge in [-0.25, -0.2) is 0 Å². The van der Waals surface area contributed by atoms with Gasteiger partial charge in [-0.2, -0.15) is 0 Å². The number of rotatable bonds is 9. The van der Waals surface area contributed by atoms with E-state index in [2.05, 4.69) is 87.7 Å². The molecule has 4 rings (SSSR count). The van der Waals surface area contributed by atoms with Crippen LogP contribution in [0.4, 0.5) is 0 Å². The fourth-order valence-corrected chi connectivity index (χ4v) is 5.04. The van der Waals surface area contributed by atoms with Crippen LogP contribution in [0.3, 0.4) is 0 Å². The first kappa shape index (κ1) is 24.4. The Morgan fingerprint density at radius 2 is 1.71 bits per heavy atom. The highest BCUT2D eigenvalue weighted by Gasteiger charge is 2.18. The average Bonchev–Trinajstić information content (AvgIpc) is 3.21. The third-order valence-corrected chi connectivity index (χ3v) is 7.13. The smallest absolute Gasteiger partial charge is 0.230 e. The van der Waals surface area contributed by atoms with Gasteiger partial charge in [0.1, 0.15) is 5.82 Å². The molecule has 0 saturated carbocycles. The molecule has 3 aromatic rings. The SMILES string of the molecule is Cc1ccc(C)c(-n2c(C)nnc2SCC(=O)NCCN2CCN(Cc3ccccc3)CC2)c1. The van der Waals surface area contributed by atoms with E-state index in [-0.39, 0.29) is 5.91 Å². The van der Waals surface area contributed by atoms with Crippen LogP contribution in [0.15, 0.2) is 53.7 Å². The van der Waals surface area contributed by atoms with Gasteiger partial charge in [-0.1, -0.05) is 54.2 Å². The van der Waals surface area contributed by atoms with Crippen LogP contribution < -0.4 is 5.32 Å². The maximum absolute atomic E-state index is 12.5. The van der Waals surface area contributed by atoms with Crippen molar-refractivity contribution in [3.8, 4) is 5.69 Å². The lowest BCUT2D eigenvalue weighted by Gasteiger charge is -2.34. The zero-order chi connectivity index (χ0) is 23.9. The molecule has 2 aromatic carbocycles. The molecule has 1 aliphatic heterocycles. The molecule has 1 fully saturated rings. The van der Waals surface area contributed by atoms with Crippen LogP contribution in [0.5, 0.6) is 0 Å². The summed E-state index contributed by atoms with van der Waals surface area (Å²) in [5, 5.41) is 12.4. The second kappa shape index (κ2) is 11.6. The van der Waals surface area contributed by atoms with Gasteiger partial charge in [0.05, 0.1) is 11.4 Å². The normalized spacial score (nSPS) is 14.9. The van der Waals surface area contributed by atoms with Gasteiger partial charge in [0.25, 0.3) is 0 Å². The monoisotopic (exact) mass is 478 g/mol. The summed E-state index contributed by atoms with van der Waals surface area (Å²) in [6, 6.07) is 17.0. The van der Waals surface area contributed by atoms with Crippen LogP contribution in [0.2, 0.25) is 0 Å². The van der Waals surface area contributed by atoms with Crippen molar-refractivity contribution in [1.29, 1.82) is 0 Å². The lowest BCUT2D eigenvalue weighted by Crippen LogP contribution is -2.48. The summed E-state index contributed by atoms with van der Waals surface area (Å²) in [5.41, 5.74) is 4.77. The van der Waals surface area contributed by atoms with Crippen LogP contribution in [0.1, 0.15) is 22.5 Å². The van der Waals surface area contributed by atoms with Crippen LogP contribution in [-0.2, 0) is 11.3 Å². The first-order valence-corrected chi connectivity index (χ1v) is 12.9. The Bertz CT molecular complexity index is 1090. The van der Waals surface area contributed by atoms with Crippen LogP contribution in [0, 0.1) is 20.8 Å². The summed E-state index contributed by atoms with van der Waals surface area (Å²) in [5.74, 6) is 1.18. The molecule has 0 radical (unpaired) electrons. The van der Waals surface area contributed by atoms with E-state index in [1.54, 1.807) is 0 Å². The third kappa shape index (κ3) is 6.46. The van der Waals surface area contributed by atoms with Crippen molar-refractivity contribution in [2.24, 2.45) is 0 Å². The number of nitrogens with zero attached hydrogens (tertiary/aromatic N) is 5. The Morgan fingerprint density at radius 1 is 0.971 bits per heavy atom. The van der Waals surface area contributed by atoms with Gasteiger partial charge in [0.15, 0.2) is 5.16 Å². The van der Waals surface area contributed by atoms with Crippen molar-refractivity contribution in [1.82, 2.24) is 29.9 Å². The predicted octanol–water partition coefficient (Wildman–Crippen LogP) is 3.22. The Hall–Kier alpha value is -2.68. The standard InChI is InChI=1S/C26H34N6OS/c1-20-9-10-21(2)24(17-20)32-22(3)28-29-26(32)34-19-25(33)27-11-12-30-13-15-31(16-14-30)18-23-7-5-4-6-8-23/h4-10,17H,11-16,18-19H2,1-3H3,(H,27,33). The second-order valence-electron chi connectivity index (χ2n) is 8.90. The molecule has 0 bridgehead atoms. The molecule has 1 aromatic heterocycles. The van der Waals surface area contributed by atoms with Gasteiger partial charge in [0.2, 0.25) is 5.91 Å². The van der Waals surface area contributed by atoms with Crippen molar-refractivity contribution in [2.45, 2.75) is 32.5 Å². The number of hydrogen-bond donors (Lipinski definition) is 1. The number of benzene rings is 2. The maximum atomic E-state index is 12.5. The summed E-state index contributed by atoms with van der Waals surface area (Å²) in [4.78, 5) is 17.4. The molecule has 8 heteroatoms. The van der Waals surface area contributed by atoms with Gasteiger partial charge in [-0.15, -0.1) is 10.2 Å². The number of nitrogens with one attached hydrogen (secondary N) is 1. The Labute approximate surface area is 206 Å². The van der Waals surface area contributed by atoms with E-state index in [9.17, 15) is 4.79 Å². The molecule has 0 unspecified atom stereocenters. The molecule has 1 amide bonds. The molecule has 0 aliphatic carbocycles.